The summed E-state index contributed by atoms with van der Waals surface area (Å²) in [5, 5.41) is 1.00. The van der Waals surface area contributed by atoms with Gasteiger partial charge in [0.15, 0.2) is 0 Å². The number of benzene rings is 1. The van der Waals surface area contributed by atoms with Gasteiger partial charge in [0.25, 0.3) is 0 Å². The van der Waals surface area contributed by atoms with E-state index in [0.717, 1.165) is 24.0 Å². The molecular formula is C15H20Cl3NO2. The molecule has 21 heavy (non-hydrogen) atoms. The Morgan fingerprint density at radius 2 is 2.14 bits per heavy atom. The van der Waals surface area contributed by atoms with Crippen LogP contribution in [-0.4, -0.2) is 12.6 Å². The smallest absolute Gasteiger partial charge is 0.309 e. The van der Waals surface area contributed by atoms with Crippen LogP contribution >= 0.6 is 35.6 Å². The van der Waals surface area contributed by atoms with E-state index in [2.05, 4.69) is 6.92 Å². The zero-order valence-corrected chi connectivity index (χ0v) is 14.2. The fourth-order valence-corrected chi connectivity index (χ4v) is 2.97. The molecule has 0 aromatic heterocycles. The first kappa shape index (κ1) is 18.6. The predicted octanol–water partition coefficient (Wildman–Crippen LogP) is 4.32. The summed E-state index contributed by atoms with van der Waals surface area (Å²) in [6.07, 6.45) is 3.03. The minimum absolute atomic E-state index is 0. The highest BCUT2D eigenvalue weighted by molar-refractivity contribution is 6.42. The maximum absolute atomic E-state index is 12.1. The first-order valence-corrected chi connectivity index (χ1v) is 7.69. The summed E-state index contributed by atoms with van der Waals surface area (Å²) in [5.74, 6) is -0.416. The topological polar surface area (TPSA) is 52.3 Å². The molecule has 0 amide bonds. The Morgan fingerprint density at radius 3 is 2.81 bits per heavy atom. The van der Waals surface area contributed by atoms with Crippen molar-refractivity contribution in [1.82, 2.24) is 0 Å². The number of ether oxygens (including phenoxy) is 1. The Labute approximate surface area is 141 Å². The molecule has 1 aromatic rings. The van der Waals surface area contributed by atoms with Crippen molar-refractivity contribution in [2.45, 2.75) is 38.6 Å². The molecule has 0 saturated heterocycles. The lowest BCUT2D eigenvalue weighted by Gasteiger charge is -2.29. The molecule has 0 aliphatic heterocycles. The van der Waals surface area contributed by atoms with Gasteiger partial charge < -0.3 is 10.5 Å². The molecular weight excluding hydrogens is 333 g/mol. The second-order valence-electron chi connectivity index (χ2n) is 5.19. The van der Waals surface area contributed by atoms with Gasteiger partial charge in [-0.15, -0.1) is 12.4 Å². The highest BCUT2D eigenvalue weighted by Gasteiger charge is 2.32. The lowest BCUT2D eigenvalue weighted by Crippen LogP contribution is -2.30. The molecule has 1 aliphatic carbocycles. The molecule has 118 valence electrons. The van der Waals surface area contributed by atoms with Crippen LogP contribution in [0.2, 0.25) is 10.0 Å². The second kappa shape index (κ2) is 8.23. The maximum Gasteiger partial charge on any atom is 0.309 e. The van der Waals surface area contributed by atoms with E-state index in [4.69, 9.17) is 33.7 Å². The van der Waals surface area contributed by atoms with Gasteiger partial charge in [-0.2, -0.15) is 0 Å². The zero-order chi connectivity index (χ0) is 14.7. The van der Waals surface area contributed by atoms with Crippen LogP contribution < -0.4 is 5.73 Å². The van der Waals surface area contributed by atoms with Gasteiger partial charge in [0.05, 0.1) is 22.6 Å². The average molecular weight is 353 g/mol. The second-order valence-corrected chi connectivity index (χ2v) is 5.98. The highest BCUT2D eigenvalue weighted by Crippen LogP contribution is 2.39. The van der Waals surface area contributed by atoms with Crippen LogP contribution in [0.1, 0.15) is 43.4 Å². The summed E-state index contributed by atoms with van der Waals surface area (Å²) >= 11 is 12.3. The number of unbranched alkanes of at least 4 members (excludes halogenated alkanes) is 1. The number of nitrogens with two attached hydrogens (primary N) is 1. The van der Waals surface area contributed by atoms with Gasteiger partial charge in [-0.3, -0.25) is 4.79 Å². The standard InChI is InChI=1S/C15H19Cl2NO2.ClH/c1-2-3-6-20-15(19)9-7-11-10(13(18)8-9)4-5-12(16)14(11)17;/h4-5,9,13H,2-3,6-8,18H2,1H3;1H/t9-,13+;/m0./s1. The average Bonchev–Trinajstić information content (AvgIpc) is 2.43. The Morgan fingerprint density at radius 1 is 1.43 bits per heavy atom. The summed E-state index contributed by atoms with van der Waals surface area (Å²) in [6.45, 7) is 2.53. The lowest BCUT2D eigenvalue weighted by atomic mass is 9.81. The van der Waals surface area contributed by atoms with E-state index in [9.17, 15) is 4.79 Å². The van der Waals surface area contributed by atoms with Gasteiger partial charge in [0.1, 0.15) is 0 Å². The van der Waals surface area contributed by atoms with Gasteiger partial charge in [-0.05, 0) is 36.5 Å². The number of carbonyl (C=O) groups excluding carboxylic acids is 1. The fraction of sp³-hybridized carbons (Fsp3) is 0.533. The summed E-state index contributed by atoms with van der Waals surface area (Å²) in [5.41, 5.74) is 8.01. The van der Waals surface area contributed by atoms with Crippen molar-refractivity contribution in [3.63, 3.8) is 0 Å². The number of hydrogen-bond acceptors (Lipinski definition) is 3. The Balaban J connectivity index is 0.00000220. The molecule has 6 heteroatoms. The molecule has 0 bridgehead atoms. The van der Waals surface area contributed by atoms with Crippen molar-refractivity contribution < 1.29 is 9.53 Å². The normalized spacial score (nSPS) is 20.4. The molecule has 0 fully saturated rings. The predicted molar refractivity (Wildman–Crippen MR) is 88.3 cm³/mol. The van der Waals surface area contributed by atoms with Gasteiger partial charge >= 0.3 is 5.97 Å². The van der Waals surface area contributed by atoms with E-state index in [1.54, 1.807) is 6.07 Å². The number of carbonyl (C=O) groups is 1. The van der Waals surface area contributed by atoms with Crippen molar-refractivity contribution in [3.05, 3.63) is 33.3 Å². The van der Waals surface area contributed by atoms with Crippen LogP contribution in [0, 0.1) is 5.92 Å². The molecule has 2 atom stereocenters. The first-order chi connectivity index (χ1) is 9.54. The van der Waals surface area contributed by atoms with Crippen molar-refractivity contribution in [2.75, 3.05) is 6.61 Å². The first-order valence-electron chi connectivity index (χ1n) is 6.93. The third kappa shape index (κ3) is 4.26. The molecule has 0 unspecified atom stereocenters. The van der Waals surface area contributed by atoms with Crippen LogP contribution in [-0.2, 0) is 16.0 Å². The molecule has 0 radical (unpaired) electrons. The van der Waals surface area contributed by atoms with Gasteiger partial charge in [0.2, 0.25) is 0 Å². The van der Waals surface area contributed by atoms with Crippen LogP contribution in [0.5, 0.6) is 0 Å². The largest absolute Gasteiger partial charge is 0.465 e. The Hall–Kier alpha value is -0.480. The molecule has 1 aliphatic rings. The minimum atomic E-state index is -0.231. The van der Waals surface area contributed by atoms with E-state index in [0.29, 0.717) is 29.5 Å². The van der Waals surface area contributed by atoms with E-state index < -0.39 is 0 Å². The number of halogens is 3. The maximum atomic E-state index is 12.1. The molecule has 0 heterocycles. The summed E-state index contributed by atoms with van der Waals surface area (Å²) in [6, 6.07) is 3.45. The van der Waals surface area contributed by atoms with E-state index in [-0.39, 0.29) is 30.3 Å². The molecule has 2 N–H and O–H groups in total. The Kier molecular flexibility index (Phi) is 7.28. The van der Waals surface area contributed by atoms with Crippen LogP contribution in [0.25, 0.3) is 0 Å². The van der Waals surface area contributed by atoms with Crippen LogP contribution in [0.15, 0.2) is 12.1 Å². The van der Waals surface area contributed by atoms with Gasteiger partial charge in [-0.25, -0.2) is 0 Å². The van der Waals surface area contributed by atoms with E-state index in [1.807, 2.05) is 6.07 Å². The van der Waals surface area contributed by atoms with Crippen molar-refractivity contribution in [2.24, 2.45) is 11.7 Å². The number of fused-ring (bicyclic) bond motifs is 1. The summed E-state index contributed by atoms with van der Waals surface area (Å²) < 4.78 is 5.28. The van der Waals surface area contributed by atoms with Crippen LogP contribution in [0.3, 0.4) is 0 Å². The quantitative estimate of drug-likeness (QED) is 0.648. The molecule has 1 aromatic carbocycles. The molecule has 0 spiro atoms. The van der Waals surface area contributed by atoms with E-state index in [1.165, 1.54) is 0 Å². The van der Waals surface area contributed by atoms with E-state index >= 15 is 0 Å². The monoisotopic (exact) mass is 351 g/mol. The summed E-state index contributed by atoms with van der Waals surface area (Å²) in [4.78, 5) is 12.1. The molecule has 2 rings (SSSR count). The highest BCUT2D eigenvalue weighted by atomic mass is 35.5. The van der Waals surface area contributed by atoms with Crippen molar-refractivity contribution in [1.29, 1.82) is 0 Å². The summed E-state index contributed by atoms with van der Waals surface area (Å²) in [7, 11) is 0. The Bertz CT molecular complexity index is 508. The van der Waals surface area contributed by atoms with Crippen LogP contribution in [0.4, 0.5) is 0 Å². The minimum Gasteiger partial charge on any atom is -0.465 e. The van der Waals surface area contributed by atoms with Crippen molar-refractivity contribution >= 4 is 41.6 Å². The van der Waals surface area contributed by atoms with Crippen molar-refractivity contribution in [3.8, 4) is 0 Å². The molecule has 0 saturated carbocycles. The molecule has 3 nitrogen and oxygen atoms in total. The SMILES string of the molecule is CCCCOC(=O)[C@H]1Cc2c(ccc(Cl)c2Cl)[C@H](N)C1.Cl. The fourth-order valence-electron chi connectivity index (χ4n) is 2.54. The van der Waals surface area contributed by atoms with Gasteiger partial charge in [-0.1, -0.05) is 42.6 Å². The number of esters is 1. The third-order valence-electron chi connectivity index (χ3n) is 3.70. The zero-order valence-electron chi connectivity index (χ0n) is 11.9. The number of rotatable bonds is 4. The lowest BCUT2D eigenvalue weighted by molar-refractivity contribution is -0.149. The third-order valence-corrected chi connectivity index (χ3v) is 4.54. The van der Waals surface area contributed by atoms with Gasteiger partial charge in [0, 0.05) is 6.04 Å². The number of hydrogen-bond donors (Lipinski definition) is 1.